The molecule has 0 aliphatic carbocycles. The second-order valence-electron chi connectivity index (χ2n) is 6.67. The number of hydrogen-bond donors (Lipinski definition) is 3. The summed E-state index contributed by atoms with van der Waals surface area (Å²) in [7, 11) is 0. The molecular weight excluding hydrogens is 354 g/mol. The van der Waals surface area contributed by atoms with E-state index in [1.165, 1.54) is 6.08 Å². The van der Waals surface area contributed by atoms with Gasteiger partial charge in [0.2, 0.25) is 11.8 Å². The molecule has 3 rings (SSSR count). The standard InChI is InChI=1S/C22H23N3O3/c1-2-20(26)24-17-9-5-15(6-10-17)7-12-21(27)25-18-11-8-16-4-3-13-23-22(28)19(16)14-18/h2,5-6,8-11,14H,1,3-4,7,12-13H2,(H,23,28)(H,24,26)(H,25,27). The minimum atomic E-state index is -0.262. The second-order valence-corrected chi connectivity index (χ2v) is 6.67. The Balaban J connectivity index is 1.55. The van der Waals surface area contributed by atoms with E-state index >= 15 is 0 Å². The van der Waals surface area contributed by atoms with Crippen molar-refractivity contribution in [2.45, 2.75) is 25.7 Å². The van der Waals surface area contributed by atoms with Gasteiger partial charge in [0.25, 0.3) is 5.91 Å². The fourth-order valence-electron chi connectivity index (χ4n) is 3.09. The minimum Gasteiger partial charge on any atom is -0.352 e. The molecule has 1 aliphatic heterocycles. The molecule has 0 saturated carbocycles. The Kier molecular flexibility index (Phi) is 6.22. The molecule has 1 heterocycles. The highest BCUT2D eigenvalue weighted by atomic mass is 16.2. The number of fused-ring (bicyclic) bond motifs is 1. The average Bonchev–Trinajstić information content (AvgIpc) is 2.89. The highest BCUT2D eigenvalue weighted by molar-refractivity contribution is 5.99. The van der Waals surface area contributed by atoms with E-state index in [1.807, 2.05) is 24.3 Å². The van der Waals surface area contributed by atoms with Crippen molar-refractivity contribution in [3.05, 3.63) is 71.8 Å². The topological polar surface area (TPSA) is 87.3 Å². The van der Waals surface area contributed by atoms with Crippen LogP contribution in [0.4, 0.5) is 11.4 Å². The van der Waals surface area contributed by atoms with Gasteiger partial charge in [-0.05, 0) is 60.7 Å². The van der Waals surface area contributed by atoms with Crippen molar-refractivity contribution < 1.29 is 14.4 Å². The largest absolute Gasteiger partial charge is 0.352 e. The molecule has 0 atom stereocenters. The lowest BCUT2D eigenvalue weighted by Crippen LogP contribution is -2.23. The van der Waals surface area contributed by atoms with E-state index in [0.717, 1.165) is 24.0 Å². The smallest absolute Gasteiger partial charge is 0.251 e. The van der Waals surface area contributed by atoms with Gasteiger partial charge in [-0.25, -0.2) is 0 Å². The van der Waals surface area contributed by atoms with Gasteiger partial charge < -0.3 is 16.0 Å². The molecule has 0 spiro atoms. The molecule has 0 aromatic heterocycles. The number of carbonyl (C=O) groups is 3. The number of rotatable bonds is 6. The van der Waals surface area contributed by atoms with Gasteiger partial charge >= 0.3 is 0 Å². The second kappa shape index (κ2) is 8.99. The molecule has 0 fully saturated rings. The van der Waals surface area contributed by atoms with Gasteiger partial charge in [-0.2, -0.15) is 0 Å². The summed E-state index contributed by atoms with van der Waals surface area (Å²) in [5.41, 5.74) is 3.95. The van der Waals surface area contributed by atoms with E-state index in [-0.39, 0.29) is 17.7 Å². The summed E-state index contributed by atoms with van der Waals surface area (Å²) in [6.45, 7) is 4.08. The minimum absolute atomic E-state index is 0.0905. The number of nitrogens with one attached hydrogen (secondary N) is 3. The average molecular weight is 377 g/mol. The number of carbonyl (C=O) groups excluding carboxylic acids is 3. The van der Waals surface area contributed by atoms with E-state index in [2.05, 4.69) is 22.5 Å². The zero-order valence-electron chi connectivity index (χ0n) is 15.6. The molecule has 0 radical (unpaired) electrons. The van der Waals surface area contributed by atoms with Crippen LogP contribution in [-0.4, -0.2) is 24.3 Å². The van der Waals surface area contributed by atoms with Crippen molar-refractivity contribution in [2.75, 3.05) is 17.2 Å². The number of benzene rings is 2. The van der Waals surface area contributed by atoms with Gasteiger partial charge in [-0.15, -0.1) is 0 Å². The van der Waals surface area contributed by atoms with Crippen LogP contribution in [0, 0.1) is 0 Å². The molecule has 0 saturated heterocycles. The summed E-state index contributed by atoms with van der Waals surface area (Å²) in [5.74, 6) is -0.466. The van der Waals surface area contributed by atoms with E-state index in [1.54, 1.807) is 18.2 Å². The molecule has 144 valence electrons. The normalized spacial score (nSPS) is 12.9. The van der Waals surface area contributed by atoms with Crippen molar-refractivity contribution >= 4 is 29.1 Å². The molecule has 0 unspecified atom stereocenters. The highest BCUT2D eigenvalue weighted by Crippen LogP contribution is 2.20. The first-order valence-corrected chi connectivity index (χ1v) is 9.28. The maximum atomic E-state index is 12.3. The first kappa shape index (κ1) is 19.4. The van der Waals surface area contributed by atoms with Crippen molar-refractivity contribution in [3.8, 4) is 0 Å². The molecule has 3 N–H and O–H groups in total. The summed E-state index contributed by atoms with van der Waals surface area (Å²) in [6, 6.07) is 12.8. The third-order valence-electron chi connectivity index (χ3n) is 4.59. The van der Waals surface area contributed by atoms with E-state index in [0.29, 0.717) is 36.3 Å². The van der Waals surface area contributed by atoms with Crippen molar-refractivity contribution in [2.24, 2.45) is 0 Å². The predicted molar refractivity (Wildman–Crippen MR) is 109 cm³/mol. The zero-order chi connectivity index (χ0) is 19.9. The van der Waals surface area contributed by atoms with Gasteiger partial charge in [0, 0.05) is 29.9 Å². The molecule has 6 heteroatoms. The molecule has 2 aromatic carbocycles. The number of aryl methyl sites for hydroxylation is 2. The summed E-state index contributed by atoms with van der Waals surface area (Å²) < 4.78 is 0. The Morgan fingerprint density at radius 3 is 2.57 bits per heavy atom. The summed E-state index contributed by atoms with van der Waals surface area (Å²) in [5, 5.41) is 8.41. The Bertz CT molecular complexity index is 904. The van der Waals surface area contributed by atoms with Crippen LogP contribution in [0.5, 0.6) is 0 Å². The van der Waals surface area contributed by atoms with Crippen molar-refractivity contribution in [3.63, 3.8) is 0 Å². The van der Waals surface area contributed by atoms with Crippen LogP contribution in [0.25, 0.3) is 0 Å². The summed E-state index contributed by atoms with van der Waals surface area (Å²) in [4.78, 5) is 35.7. The van der Waals surface area contributed by atoms with Crippen LogP contribution < -0.4 is 16.0 Å². The van der Waals surface area contributed by atoms with E-state index < -0.39 is 0 Å². The van der Waals surface area contributed by atoms with Gasteiger partial charge in [0.15, 0.2) is 0 Å². The quantitative estimate of drug-likeness (QED) is 0.676. The summed E-state index contributed by atoms with van der Waals surface area (Å²) in [6.07, 6.45) is 3.88. The predicted octanol–water partition coefficient (Wildman–Crippen LogP) is 3.06. The fourth-order valence-corrected chi connectivity index (χ4v) is 3.09. The molecular formula is C22H23N3O3. The van der Waals surface area contributed by atoms with Crippen LogP contribution in [0.1, 0.15) is 34.3 Å². The van der Waals surface area contributed by atoms with Crippen LogP contribution in [0.2, 0.25) is 0 Å². The van der Waals surface area contributed by atoms with E-state index in [4.69, 9.17) is 0 Å². The molecule has 2 aromatic rings. The van der Waals surface area contributed by atoms with Crippen LogP contribution in [0.3, 0.4) is 0 Å². The monoisotopic (exact) mass is 377 g/mol. The van der Waals surface area contributed by atoms with Crippen molar-refractivity contribution in [1.82, 2.24) is 5.32 Å². The number of anilines is 2. The van der Waals surface area contributed by atoms with Crippen LogP contribution >= 0.6 is 0 Å². The van der Waals surface area contributed by atoms with Crippen LogP contribution in [-0.2, 0) is 22.4 Å². The molecule has 6 nitrogen and oxygen atoms in total. The summed E-state index contributed by atoms with van der Waals surface area (Å²) >= 11 is 0. The maximum absolute atomic E-state index is 12.3. The van der Waals surface area contributed by atoms with Gasteiger partial charge in [0.05, 0.1) is 0 Å². The Labute approximate surface area is 164 Å². The SMILES string of the molecule is C=CC(=O)Nc1ccc(CCC(=O)Nc2ccc3c(c2)C(=O)NCCC3)cc1. The maximum Gasteiger partial charge on any atom is 0.251 e. The third-order valence-corrected chi connectivity index (χ3v) is 4.59. The highest BCUT2D eigenvalue weighted by Gasteiger charge is 2.16. The lowest BCUT2D eigenvalue weighted by atomic mass is 10.0. The molecule has 0 bridgehead atoms. The number of amides is 3. The van der Waals surface area contributed by atoms with Crippen molar-refractivity contribution in [1.29, 1.82) is 0 Å². The Morgan fingerprint density at radius 2 is 1.82 bits per heavy atom. The van der Waals surface area contributed by atoms with Gasteiger partial charge in [0.1, 0.15) is 0 Å². The Morgan fingerprint density at radius 1 is 1.07 bits per heavy atom. The Hall–Kier alpha value is -3.41. The van der Waals surface area contributed by atoms with E-state index in [9.17, 15) is 14.4 Å². The number of hydrogen-bond acceptors (Lipinski definition) is 3. The third kappa shape index (κ3) is 5.07. The lowest BCUT2D eigenvalue weighted by molar-refractivity contribution is -0.116. The first-order chi connectivity index (χ1) is 13.5. The van der Waals surface area contributed by atoms with Crippen LogP contribution in [0.15, 0.2) is 55.1 Å². The lowest BCUT2D eigenvalue weighted by Gasteiger charge is -2.10. The van der Waals surface area contributed by atoms with Gasteiger partial charge in [-0.1, -0.05) is 24.8 Å². The molecule has 3 amide bonds. The zero-order valence-corrected chi connectivity index (χ0v) is 15.6. The fraction of sp³-hybridized carbons (Fsp3) is 0.227. The van der Waals surface area contributed by atoms with Gasteiger partial charge in [-0.3, -0.25) is 14.4 Å². The first-order valence-electron chi connectivity index (χ1n) is 9.28. The molecule has 1 aliphatic rings. The molecule has 28 heavy (non-hydrogen) atoms.